The van der Waals surface area contributed by atoms with Crippen molar-refractivity contribution in [3.05, 3.63) is 212 Å². The van der Waals surface area contributed by atoms with Crippen molar-refractivity contribution in [1.29, 1.82) is 0 Å². The molecule has 0 spiro atoms. The second kappa shape index (κ2) is 18.6. The van der Waals surface area contributed by atoms with E-state index in [1.165, 1.54) is 26.9 Å². The van der Waals surface area contributed by atoms with Crippen LogP contribution in [0.15, 0.2) is 217 Å². The zero-order valence-electron chi connectivity index (χ0n) is 34.5. The van der Waals surface area contributed by atoms with Gasteiger partial charge in [0.2, 0.25) is 0 Å². The van der Waals surface area contributed by atoms with Crippen LogP contribution in [0.1, 0.15) is 0 Å². The molecule has 0 aliphatic carbocycles. The third-order valence-corrected chi connectivity index (χ3v) is 11.5. The summed E-state index contributed by atoms with van der Waals surface area (Å²) in [7, 11) is -4.27. The van der Waals surface area contributed by atoms with Gasteiger partial charge >= 0.3 is 21.4 Å². The molecule has 11 aromatic rings. The van der Waals surface area contributed by atoms with Gasteiger partial charge in [-0.2, -0.15) is 0 Å². The topological polar surface area (TPSA) is 135 Å². The first-order valence-electron chi connectivity index (χ1n) is 20.9. The van der Waals surface area contributed by atoms with Gasteiger partial charge in [-0.15, -0.1) is 0 Å². The monoisotopic (exact) mass is 834 g/mol. The maximum atomic E-state index is 9.25. The normalized spacial score (nSPS) is 11.0. The molecule has 10 aromatic carbocycles. The summed E-state index contributed by atoms with van der Waals surface area (Å²) in [6.07, 6.45) is 0. The van der Waals surface area contributed by atoms with Crippen molar-refractivity contribution in [2.75, 3.05) is 0 Å². The van der Waals surface area contributed by atoms with E-state index in [1.54, 1.807) is 36.4 Å². The van der Waals surface area contributed by atoms with Crippen LogP contribution in [0.4, 0.5) is 0 Å². The summed E-state index contributed by atoms with van der Waals surface area (Å²) in [6.45, 7) is 0. The van der Waals surface area contributed by atoms with Crippen molar-refractivity contribution in [1.82, 2.24) is 0 Å². The number of rotatable bonds is 6. The lowest BCUT2D eigenvalue weighted by Gasteiger charge is -2.05. The summed E-state index contributed by atoms with van der Waals surface area (Å²) in [5.74, 6) is 0. The highest BCUT2D eigenvalue weighted by atomic mass is 16.4. The fourth-order valence-corrected chi connectivity index (χ4v) is 7.92. The molecule has 0 aliphatic rings. The van der Waals surface area contributed by atoms with Crippen LogP contribution in [0.2, 0.25) is 0 Å². The fourth-order valence-electron chi connectivity index (χ4n) is 7.92. The van der Waals surface area contributed by atoms with Crippen LogP contribution in [-0.2, 0) is 0 Å². The van der Waals surface area contributed by atoms with Gasteiger partial charge in [-0.1, -0.05) is 176 Å². The van der Waals surface area contributed by atoms with Crippen LogP contribution in [0, 0.1) is 0 Å². The molecule has 0 saturated carbocycles. The highest BCUT2D eigenvalue weighted by Crippen LogP contribution is 2.35. The standard InChI is InChI=1S/C22H15BO3.2C16H13BO2/c24-23(25)18-8-5-14(6-9-18)17-7-10-21-19(12-17)20-11-15-3-1-2-4-16(15)13-22(20)26-21;2*18-17(19)16-9-7-13(8-10-16)15-6-5-12-3-1-2-4-14(12)11-15/h1-13,24-25H;2*1-11,18-19H. The minimum Gasteiger partial charge on any atom is -0.456 e. The zero-order valence-corrected chi connectivity index (χ0v) is 34.5. The summed E-state index contributed by atoms with van der Waals surface area (Å²) in [6, 6.07) is 69.5. The van der Waals surface area contributed by atoms with E-state index in [1.807, 2.05) is 84.9 Å². The predicted octanol–water partition coefficient (Wildman–Crippen LogP) is 8.46. The van der Waals surface area contributed by atoms with E-state index in [9.17, 15) is 10.0 Å². The Balaban J connectivity index is 0.000000124. The first-order valence-corrected chi connectivity index (χ1v) is 20.9. The third kappa shape index (κ3) is 9.25. The molecule has 6 N–H and O–H groups in total. The summed E-state index contributed by atoms with van der Waals surface area (Å²) < 4.78 is 6.04. The van der Waals surface area contributed by atoms with Crippen LogP contribution in [0.3, 0.4) is 0 Å². The van der Waals surface area contributed by atoms with E-state index in [0.717, 1.165) is 60.7 Å². The van der Waals surface area contributed by atoms with Crippen LogP contribution in [0.5, 0.6) is 0 Å². The van der Waals surface area contributed by atoms with Gasteiger partial charge in [0.15, 0.2) is 0 Å². The molecule has 11 rings (SSSR count). The number of hydrogen-bond acceptors (Lipinski definition) is 7. The maximum absolute atomic E-state index is 9.25. The molecular weight excluding hydrogens is 793 g/mol. The van der Waals surface area contributed by atoms with Gasteiger partial charge < -0.3 is 34.6 Å². The minimum atomic E-state index is -1.45. The van der Waals surface area contributed by atoms with E-state index in [4.69, 9.17) is 24.5 Å². The average Bonchev–Trinajstić information content (AvgIpc) is 3.70. The Bertz CT molecular complexity index is 3240. The molecule has 0 radical (unpaired) electrons. The second-order valence-electron chi connectivity index (χ2n) is 15.6. The van der Waals surface area contributed by atoms with E-state index in [2.05, 4.69) is 91.0 Å². The van der Waals surface area contributed by atoms with Gasteiger partial charge in [-0.3, -0.25) is 0 Å². The number of hydrogen-bond donors (Lipinski definition) is 6. The predicted molar refractivity (Wildman–Crippen MR) is 265 cm³/mol. The van der Waals surface area contributed by atoms with E-state index in [-0.39, 0.29) is 0 Å². The highest BCUT2D eigenvalue weighted by molar-refractivity contribution is 6.59. The van der Waals surface area contributed by atoms with Crippen molar-refractivity contribution in [3.8, 4) is 33.4 Å². The molecule has 1 heterocycles. The first kappa shape index (κ1) is 42.1. The molecule has 0 atom stereocenters. The van der Waals surface area contributed by atoms with E-state index in [0.29, 0.717) is 16.4 Å². The van der Waals surface area contributed by atoms with Gasteiger partial charge in [0.25, 0.3) is 0 Å². The molecule has 0 bridgehead atoms. The summed E-state index contributed by atoms with van der Waals surface area (Å²) in [5.41, 5.74) is 9.69. The third-order valence-electron chi connectivity index (χ3n) is 11.5. The largest absolute Gasteiger partial charge is 0.488 e. The Labute approximate surface area is 370 Å². The number of benzene rings is 10. The van der Waals surface area contributed by atoms with E-state index < -0.39 is 21.4 Å². The summed E-state index contributed by atoms with van der Waals surface area (Å²) in [4.78, 5) is 0. The average molecular weight is 834 g/mol. The second-order valence-corrected chi connectivity index (χ2v) is 15.6. The lowest BCUT2D eigenvalue weighted by Crippen LogP contribution is -2.29. The Morgan fingerprint density at radius 1 is 0.250 bits per heavy atom. The molecule has 0 fully saturated rings. The molecule has 0 aliphatic heterocycles. The molecule has 308 valence electrons. The quantitative estimate of drug-likeness (QED) is 0.0927. The van der Waals surface area contributed by atoms with Crippen LogP contribution in [0.25, 0.3) is 87.6 Å². The van der Waals surface area contributed by atoms with Crippen molar-refractivity contribution < 1.29 is 34.6 Å². The van der Waals surface area contributed by atoms with Gasteiger partial charge in [0.1, 0.15) is 11.2 Å². The van der Waals surface area contributed by atoms with Crippen molar-refractivity contribution >= 4 is 92.0 Å². The molecule has 0 amide bonds. The molecule has 10 heteroatoms. The van der Waals surface area contributed by atoms with Gasteiger partial charge in [0.05, 0.1) is 0 Å². The molecule has 64 heavy (non-hydrogen) atoms. The first-order chi connectivity index (χ1) is 31.2. The molecule has 7 nitrogen and oxygen atoms in total. The smallest absolute Gasteiger partial charge is 0.456 e. The van der Waals surface area contributed by atoms with E-state index >= 15 is 0 Å². The molecule has 0 saturated heterocycles. The molecular formula is C54H41B3O7. The van der Waals surface area contributed by atoms with Crippen molar-refractivity contribution in [2.24, 2.45) is 0 Å². The lowest BCUT2D eigenvalue weighted by molar-refractivity contribution is 0.424. The summed E-state index contributed by atoms with van der Waals surface area (Å²) in [5, 5.41) is 64.2. The number of fused-ring (bicyclic) bond motifs is 6. The Kier molecular flexibility index (Phi) is 12.2. The Hall–Kier alpha value is -7.27. The van der Waals surface area contributed by atoms with Gasteiger partial charge in [0, 0.05) is 10.8 Å². The fraction of sp³-hybridized carbons (Fsp3) is 0. The SMILES string of the molecule is OB(O)c1ccc(-c2ccc3ccccc3c2)cc1.OB(O)c1ccc(-c2ccc3ccccc3c2)cc1.OB(O)c1ccc(-c2ccc3oc4cc5ccccc5cc4c3c2)cc1. The van der Waals surface area contributed by atoms with Crippen molar-refractivity contribution in [3.63, 3.8) is 0 Å². The van der Waals surface area contributed by atoms with Crippen LogP contribution >= 0.6 is 0 Å². The minimum absolute atomic E-state index is 0.482. The Morgan fingerprint density at radius 3 is 0.969 bits per heavy atom. The van der Waals surface area contributed by atoms with Crippen LogP contribution < -0.4 is 16.4 Å². The van der Waals surface area contributed by atoms with Crippen molar-refractivity contribution in [2.45, 2.75) is 0 Å². The number of furan rings is 1. The zero-order chi connectivity index (χ0) is 44.2. The van der Waals surface area contributed by atoms with Crippen LogP contribution in [-0.4, -0.2) is 51.5 Å². The molecule has 0 unspecified atom stereocenters. The Morgan fingerprint density at radius 2 is 0.562 bits per heavy atom. The highest BCUT2D eigenvalue weighted by Gasteiger charge is 2.14. The van der Waals surface area contributed by atoms with Gasteiger partial charge in [-0.05, 0) is 118 Å². The molecule has 1 aromatic heterocycles. The van der Waals surface area contributed by atoms with Gasteiger partial charge in [-0.25, -0.2) is 0 Å². The lowest BCUT2D eigenvalue weighted by atomic mass is 9.80. The maximum Gasteiger partial charge on any atom is 0.488 e. The summed E-state index contributed by atoms with van der Waals surface area (Å²) >= 11 is 0.